The summed E-state index contributed by atoms with van der Waals surface area (Å²) in [4.78, 5) is 15.4. The maximum atomic E-state index is 5.81. The van der Waals surface area contributed by atoms with Crippen LogP contribution in [0.1, 0.15) is 11.1 Å². The van der Waals surface area contributed by atoms with Crippen LogP contribution in [0.2, 0.25) is 0 Å². The van der Waals surface area contributed by atoms with E-state index in [1.165, 1.54) is 0 Å². The van der Waals surface area contributed by atoms with E-state index in [1.54, 1.807) is 7.11 Å². The third-order valence-electron chi connectivity index (χ3n) is 6.06. The SMILES string of the molecule is COc1ccc2c(c1)/C(=N\OCCN(C)C)c1c-2c(N2CCNCC2)nc2ccccc12. The van der Waals surface area contributed by atoms with Crippen LogP contribution in [0.15, 0.2) is 47.6 Å². The number of fused-ring (bicyclic) bond motifs is 5. The van der Waals surface area contributed by atoms with E-state index < -0.39 is 0 Å². The molecule has 2 aromatic carbocycles. The molecule has 1 N–H and O–H groups in total. The maximum Gasteiger partial charge on any atom is 0.137 e. The average Bonchev–Trinajstić information content (AvgIpc) is 3.15. The average molecular weight is 432 g/mol. The molecule has 0 spiro atoms. The van der Waals surface area contributed by atoms with Crippen molar-refractivity contribution in [1.82, 2.24) is 15.2 Å². The number of hydrogen-bond donors (Lipinski definition) is 1. The van der Waals surface area contributed by atoms with Crippen LogP contribution in [-0.2, 0) is 4.84 Å². The van der Waals surface area contributed by atoms with Crippen LogP contribution in [0.25, 0.3) is 22.0 Å². The molecular formula is C25H29N5O2. The van der Waals surface area contributed by atoms with E-state index >= 15 is 0 Å². The summed E-state index contributed by atoms with van der Waals surface area (Å²) in [6.07, 6.45) is 0. The summed E-state index contributed by atoms with van der Waals surface area (Å²) in [5, 5.41) is 9.20. The van der Waals surface area contributed by atoms with Gasteiger partial charge in [-0.3, -0.25) is 0 Å². The van der Waals surface area contributed by atoms with Crippen LogP contribution in [-0.4, -0.2) is 76.1 Å². The molecule has 2 aliphatic rings. The molecule has 7 nitrogen and oxygen atoms in total. The van der Waals surface area contributed by atoms with Crippen molar-refractivity contribution in [2.24, 2.45) is 5.16 Å². The molecule has 5 rings (SSSR count). The predicted molar refractivity (Wildman–Crippen MR) is 129 cm³/mol. The van der Waals surface area contributed by atoms with Crippen molar-refractivity contribution in [3.05, 3.63) is 53.6 Å². The van der Waals surface area contributed by atoms with Gasteiger partial charge in [0.05, 0.1) is 12.6 Å². The Balaban J connectivity index is 1.73. The Morgan fingerprint density at radius 3 is 2.66 bits per heavy atom. The van der Waals surface area contributed by atoms with E-state index in [9.17, 15) is 0 Å². The third kappa shape index (κ3) is 3.67. The number of piperazine rings is 1. The number of methoxy groups -OCH3 is 1. The highest BCUT2D eigenvalue weighted by molar-refractivity contribution is 6.30. The molecule has 1 aliphatic heterocycles. The quantitative estimate of drug-likeness (QED) is 0.374. The topological polar surface area (TPSA) is 62.2 Å². The van der Waals surface area contributed by atoms with Gasteiger partial charge in [0.15, 0.2) is 0 Å². The van der Waals surface area contributed by atoms with Crippen molar-refractivity contribution in [2.75, 3.05) is 65.4 Å². The molecule has 1 fully saturated rings. The molecule has 7 heteroatoms. The number of aromatic nitrogens is 1. The molecule has 0 atom stereocenters. The van der Waals surface area contributed by atoms with Crippen LogP contribution >= 0.6 is 0 Å². The largest absolute Gasteiger partial charge is 0.497 e. The maximum absolute atomic E-state index is 5.81. The van der Waals surface area contributed by atoms with Gasteiger partial charge in [-0.15, -0.1) is 0 Å². The second kappa shape index (κ2) is 8.76. The van der Waals surface area contributed by atoms with Crippen LogP contribution in [0.5, 0.6) is 5.75 Å². The minimum atomic E-state index is 0.527. The van der Waals surface area contributed by atoms with E-state index in [0.29, 0.717) is 6.61 Å². The number of oxime groups is 1. The van der Waals surface area contributed by atoms with E-state index in [1.807, 2.05) is 26.2 Å². The number of nitrogens with one attached hydrogen (secondary N) is 1. The molecule has 32 heavy (non-hydrogen) atoms. The highest BCUT2D eigenvalue weighted by Gasteiger charge is 2.33. The molecule has 166 valence electrons. The highest BCUT2D eigenvalue weighted by Crippen LogP contribution is 2.46. The van der Waals surface area contributed by atoms with Gasteiger partial charge in [0, 0.05) is 54.8 Å². The zero-order valence-corrected chi connectivity index (χ0v) is 18.9. The Morgan fingerprint density at radius 1 is 1.06 bits per heavy atom. The Labute approximate surface area is 188 Å². The highest BCUT2D eigenvalue weighted by atomic mass is 16.6. The fraction of sp³-hybridized carbons (Fsp3) is 0.360. The molecule has 1 saturated heterocycles. The molecule has 1 aromatic heterocycles. The number of hydrogen-bond acceptors (Lipinski definition) is 7. The smallest absolute Gasteiger partial charge is 0.137 e. The lowest BCUT2D eigenvalue weighted by atomic mass is 10.0. The van der Waals surface area contributed by atoms with Gasteiger partial charge in [-0.1, -0.05) is 23.4 Å². The van der Waals surface area contributed by atoms with Crippen molar-refractivity contribution < 1.29 is 9.57 Å². The molecule has 0 radical (unpaired) electrons. The third-order valence-corrected chi connectivity index (χ3v) is 6.06. The van der Waals surface area contributed by atoms with Gasteiger partial charge >= 0.3 is 0 Å². The fourth-order valence-electron chi connectivity index (χ4n) is 4.43. The first-order valence-corrected chi connectivity index (χ1v) is 11.1. The van der Waals surface area contributed by atoms with E-state index in [0.717, 1.165) is 83.2 Å². The Hall–Kier alpha value is -3.16. The summed E-state index contributed by atoms with van der Waals surface area (Å²) < 4.78 is 5.54. The zero-order valence-electron chi connectivity index (χ0n) is 18.9. The van der Waals surface area contributed by atoms with Gasteiger partial charge in [-0.2, -0.15) is 0 Å². The summed E-state index contributed by atoms with van der Waals surface area (Å²) in [5.74, 6) is 1.82. The predicted octanol–water partition coefficient (Wildman–Crippen LogP) is 2.96. The molecule has 1 aliphatic carbocycles. The van der Waals surface area contributed by atoms with Gasteiger partial charge in [0.25, 0.3) is 0 Å². The number of ether oxygens (including phenoxy) is 1. The minimum Gasteiger partial charge on any atom is -0.497 e. The number of anilines is 1. The first-order chi connectivity index (χ1) is 15.7. The molecule has 3 aromatic rings. The van der Waals surface area contributed by atoms with E-state index in [4.69, 9.17) is 14.6 Å². The number of benzene rings is 2. The molecule has 0 unspecified atom stereocenters. The second-order valence-corrected chi connectivity index (χ2v) is 8.43. The number of pyridine rings is 1. The molecular weight excluding hydrogens is 402 g/mol. The monoisotopic (exact) mass is 431 g/mol. The molecule has 0 amide bonds. The number of nitrogens with zero attached hydrogens (tertiary/aromatic N) is 4. The normalized spacial score (nSPS) is 16.5. The summed E-state index contributed by atoms with van der Waals surface area (Å²) in [5.41, 5.74) is 6.21. The standard InChI is InChI=1S/C25H29N5O2/c1-29(2)14-15-32-28-24-20-16-17(31-3)8-9-18(20)23-22(24)19-6-4-5-7-21(19)27-25(23)30-12-10-26-11-13-30/h4-9,16,26H,10-15H2,1-3H3/b28-24+. The summed E-state index contributed by atoms with van der Waals surface area (Å²) >= 11 is 0. The van der Waals surface area contributed by atoms with Crippen LogP contribution in [0.4, 0.5) is 5.82 Å². The Kier molecular flexibility index (Phi) is 5.68. The van der Waals surface area contributed by atoms with Crippen LogP contribution < -0.4 is 15.0 Å². The lowest BCUT2D eigenvalue weighted by Crippen LogP contribution is -2.44. The van der Waals surface area contributed by atoms with Crippen molar-refractivity contribution in [3.63, 3.8) is 0 Å². The molecule has 0 saturated carbocycles. The van der Waals surface area contributed by atoms with E-state index in [-0.39, 0.29) is 0 Å². The number of likely N-dealkylation sites (N-methyl/N-ethyl adjacent to an activating group) is 1. The minimum absolute atomic E-state index is 0.527. The fourth-order valence-corrected chi connectivity index (χ4v) is 4.43. The van der Waals surface area contributed by atoms with Crippen LogP contribution in [0.3, 0.4) is 0 Å². The zero-order chi connectivity index (χ0) is 22.1. The summed E-state index contributed by atoms with van der Waals surface area (Å²) in [6, 6.07) is 14.5. The number of rotatable bonds is 6. The van der Waals surface area contributed by atoms with E-state index in [2.05, 4.69) is 50.6 Å². The Bertz CT molecular complexity index is 1170. The van der Waals surface area contributed by atoms with Crippen molar-refractivity contribution >= 4 is 22.4 Å². The van der Waals surface area contributed by atoms with Crippen molar-refractivity contribution in [2.45, 2.75) is 0 Å². The molecule has 2 heterocycles. The van der Waals surface area contributed by atoms with Crippen molar-refractivity contribution in [3.8, 4) is 16.9 Å². The molecule has 0 bridgehead atoms. The van der Waals surface area contributed by atoms with Gasteiger partial charge in [0.2, 0.25) is 0 Å². The number of para-hydroxylation sites is 1. The lowest BCUT2D eigenvalue weighted by Gasteiger charge is -2.30. The Morgan fingerprint density at radius 2 is 1.88 bits per heavy atom. The van der Waals surface area contributed by atoms with Gasteiger partial charge < -0.3 is 24.7 Å². The first-order valence-electron chi connectivity index (χ1n) is 11.1. The van der Waals surface area contributed by atoms with Crippen molar-refractivity contribution in [1.29, 1.82) is 0 Å². The summed E-state index contributed by atoms with van der Waals surface area (Å²) in [7, 11) is 5.75. The second-order valence-electron chi connectivity index (χ2n) is 8.43. The first kappa shape index (κ1) is 20.7. The van der Waals surface area contributed by atoms with Gasteiger partial charge in [0.1, 0.15) is 23.9 Å². The summed E-state index contributed by atoms with van der Waals surface area (Å²) in [6.45, 7) is 5.08. The van der Waals surface area contributed by atoms with Gasteiger partial charge in [-0.25, -0.2) is 4.98 Å². The van der Waals surface area contributed by atoms with Crippen LogP contribution in [0, 0.1) is 0 Å². The van der Waals surface area contributed by atoms with Gasteiger partial charge in [-0.05, 0) is 43.9 Å². The lowest BCUT2D eigenvalue weighted by molar-refractivity contribution is 0.126.